The number of likely N-dealkylation sites (tertiary alicyclic amines) is 2. The molecule has 1 aliphatic carbocycles. The molecule has 2 N–H and O–H groups in total. The number of nitrogens with zero attached hydrogens (tertiary/aromatic N) is 3. The number of carbonyl (C=O) groups is 2. The third-order valence-corrected chi connectivity index (χ3v) is 8.21. The van der Waals surface area contributed by atoms with Gasteiger partial charge >= 0.3 is 6.09 Å². The van der Waals surface area contributed by atoms with Crippen LogP contribution >= 0.6 is 0 Å². The van der Waals surface area contributed by atoms with Crippen molar-refractivity contribution in [2.45, 2.75) is 58.9 Å². The molecule has 0 radical (unpaired) electrons. The number of pyridine rings is 1. The predicted octanol–water partition coefficient (Wildman–Crippen LogP) is 5.30. The van der Waals surface area contributed by atoms with Gasteiger partial charge in [-0.15, -0.1) is 0 Å². The van der Waals surface area contributed by atoms with Gasteiger partial charge in [0.25, 0.3) is 5.91 Å². The second-order valence-electron chi connectivity index (χ2n) is 11.1. The van der Waals surface area contributed by atoms with Crippen LogP contribution in [0.15, 0.2) is 42.6 Å². The minimum atomic E-state index is -1.00. The topological polar surface area (TPSA) is 85.8 Å². The summed E-state index contributed by atoms with van der Waals surface area (Å²) in [5, 5.41) is 12.0. The summed E-state index contributed by atoms with van der Waals surface area (Å²) in [7, 11) is 0. The molecule has 2 aromatic rings. The third kappa shape index (κ3) is 6.89. The zero-order valence-corrected chi connectivity index (χ0v) is 22.5. The van der Waals surface area contributed by atoms with E-state index in [-0.39, 0.29) is 17.9 Å². The van der Waals surface area contributed by atoms with Gasteiger partial charge < -0.3 is 20.2 Å². The van der Waals surface area contributed by atoms with Gasteiger partial charge in [-0.25, -0.2) is 4.79 Å². The van der Waals surface area contributed by atoms with Crippen LogP contribution in [-0.2, 0) is 0 Å². The van der Waals surface area contributed by atoms with Crippen molar-refractivity contribution in [1.82, 2.24) is 20.1 Å². The Balaban J connectivity index is 0.000000572. The molecule has 0 bridgehead atoms. The lowest BCUT2D eigenvalue weighted by atomic mass is 9.94. The van der Waals surface area contributed by atoms with Crippen LogP contribution in [0.4, 0.5) is 4.79 Å². The molecule has 2 amide bonds. The van der Waals surface area contributed by atoms with E-state index < -0.39 is 6.09 Å². The first-order valence-corrected chi connectivity index (χ1v) is 13.8. The normalized spacial score (nSPS) is 22.6. The Labute approximate surface area is 221 Å². The number of aromatic nitrogens is 1. The van der Waals surface area contributed by atoms with Gasteiger partial charge in [0.05, 0.1) is 17.3 Å². The smallest absolute Gasteiger partial charge is 0.405 e. The lowest BCUT2D eigenvalue weighted by molar-refractivity contribution is 0.0770. The Kier molecular flexibility index (Phi) is 9.19. The Morgan fingerprint density at radius 1 is 0.973 bits per heavy atom. The van der Waals surface area contributed by atoms with Crippen molar-refractivity contribution >= 4 is 12.0 Å². The number of nitrogens with one attached hydrogen (secondary N) is 1. The Hall–Kier alpha value is -2.93. The van der Waals surface area contributed by atoms with Crippen molar-refractivity contribution < 1.29 is 14.7 Å². The zero-order chi connectivity index (χ0) is 26.4. The summed E-state index contributed by atoms with van der Waals surface area (Å²) in [6.07, 6.45) is 8.25. The van der Waals surface area contributed by atoms with E-state index in [1.807, 2.05) is 55.1 Å². The molecule has 4 atom stereocenters. The number of carboxylic acid groups (broad SMARTS) is 1. The highest BCUT2D eigenvalue weighted by Crippen LogP contribution is 2.34. The molecule has 37 heavy (non-hydrogen) atoms. The van der Waals surface area contributed by atoms with Crippen LogP contribution in [-0.4, -0.2) is 64.6 Å². The molecule has 3 fully saturated rings. The fourth-order valence-electron chi connectivity index (χ4n) is 6.32. The number of fused-ring (bicyclic) bond motifs is 1. The summed E-state index contributed by atoms with van der Waals surface area (Å²) < 4.78 is 0. The maximum Gasteiger partial charge on any atom is 0.405 e. The van der Waals surface area contributed by atoms with Gasteiger partial charge in [-0.05, 0) is 48.8 Å². The Morgan fingerprint density at radius 2 is 1.57 bits per heavy atom. The largest absolute Gasteiger partial charge is 0.465 e. The fourth-order valence-corrected chi connectivity index (χ4v) is 6.32. The van der Waals surface area contributed by atoms with Crippen LogP contribution in [0.25, 0.3) is 0 Å². The highest BCUT2D eigenvalue weighted by molar-refractivity contribution is 5.96. The first-order valence-electron chi connectivity index (χ1n) is 13.8. The lowest BCUT2D eigenvalue weighted by Crippen LogP contribution is -2.39. The molecule has 1 aromatic heterocycles. The third-order valence-electron chi connectivity index (χ3n) is 8.21. The summed E-state index contributed by atoms with van der Waals surface area (Å²) in [6, 6.07) is 11.4. The highest BCUT2D eigenvalue weighted by Gasteiger charge is 2.42. The standard InChI is InChI=1S/C25H32N4O3.C5H10/c1-16-9-10-26-18(3)22(16)24(30)29-14-20-12-28(13-21(20)15-29)11-17(2)23(27-25(31)32)19-7-5-4-6-8-19;1-2-4-5-3-1/h4-10,17,20-21,23,27H,11-15H2,1-3H3,(H,31,32);1-5H2/t17?,20-,21?,23?;/m0./s1. The summed E-state index contributed by atoms with van der Waals surface area (Å²) in [4.78, 5) is 33.3. The number of hydrogen-bond donors (Lipinski definition) is 2. The fraction of sp³-hybridized carbons (Fsp3) is 0.567. The van der Waals surface area contributed by atoms with E-state index in [2.05, 4.69) is 22.1 Å². The molecule has 200 valence electrons. The van der Waals surface area contributed by atoms with E-state index in [0.717, 1.165) is 55.1 Å². The lowest BCUT2D eigenvalue weighted by Gasteiger charge is -2.29. The van der Waals surface area contributed by atoms with Crippen LogP contribution in [0.2, 0.25) is 0 Å². The summed E-state index contributed by atoms with van der Waals surface area (Å²) in [6.45, 7) is 10.2. The van der Waals surface area contributed by atoms with Crippen molar-refractivity contribution in [2.75, 3.05) is 32.7 Å². The van der Waals surface area contributed by atoms with Crippen LogP contribution in [0.3, 0.4) is 0 Å². The predicted molar refractivity (Wildman–Crippen MR) is 146 cm³/mol. The Bertz CT molecular complexity index is 1010. The monoisotopic (exact) mass is 506 g/mol. The van der Waals surface area contributed by atoms with Crippen LogP contribution in [0.1, 0.15) is 72.2 Å². The van der Waals surface area contributed by atoms with Crippen LogP contribution in [0, 0.1) is 31.6 Å². The van der Waals surface area contributed by atoms with Gasteiger partial charge in [-0.1, -0.05) is 69.4 Å². The SMILES string of the molecule is C1CCCC1.Cc1ccnc(C)c1C(=O)N1CC2CN(CC(C)C(NC(=O)O)c3ccccc3)C[C@H]2C1. The van der Waals surface area contributed by atoms with Crippen molar-refractivity contribution in [2.24, 2.45) is 17.8 Å². The molecule has 1 saturated carbocycles. The van der Waals surface area contributed by atoms with Gasteiger partial charge in [-0.3, -0.25) is 9.78 Å². The Morgan fingerprint density at radius 3 is 2.11 bits per heavy atom. The van der Waals surface area contributed by atoms with E-state index in [4.69, 9.17) is 0 Å². The summed E-state index contributed by atoms with van der Waals surface area (Å²) in [5.74, 6) is 1.15. The molecule has 3 heterocycles. The van der Waals surface area contributed by atoms with Gasteiger partial charge in [-0.2, -0.15) is 0 Å². The van der Waals surface area contributed by atoms with Crippen LogP contribution < -0.4 is 5.32 Å². The van der Waals surface area contributed by atoms with Gasteiger partial charge in [0, 0.05) is 38.9 Å². The summed E-state index contributed by atoms with van der Waals surface area (Å²) >= 11 is 0. The molecule has 0 spiro atoms. The first-order chi connectivity index (χ1) is 17.8. The number of rotatable bonds is 6. The van der Waals surface area contributed by atoms with Crippen molar-refractivity contribution in [1.29, 1.82) is 0 Å². The van der Waals surface area contributed by atoms with Crippen molar-refractivity contribution in [3.05, 3.63) is 65.0 Å². The average Bonchev–Trinajstić information content (AvgIpc) is 3.62. The molecule has 1 aromatic carbocycles. The number of carbonyl (C=O) groups excluding carboxylic acids is 1. The number of benzene rings is 1. The van der Waals surface area contributed by atoms with E-state index in [1.165, 1.54) is 32.1 Å². The molecule has 2 saturated heterocycles. The molecule has 7 nitrogen and oxygen atoms in total. The van der Waals surface area contributed by atoms with Gasteiger partial charge in [0.1, 0.15) is 0 Å². The highest BCUT2D eigenvalue weighted by atomic mass is 16.4. The molecule has 3 unspecified atom stereocenters. The van der Waals surface area contributed by atoms with E-state index >= 15 is 0 Å². The van der Waals surface area contributed by atoms with Gasteiger partial charge in [0.2, 0.25) is 0 Å². The van der Waals surface area contributed by atoms with Crippen molar-refractivity contribution in [3.8, 4) is 0 Å². The first kappa shape index (κ1) is 27.1. The average molecular weight is 507 g/mol. The van der Waals surface area contributed by atoms with Crippen LogP contribution in [0.5, 0.6) is 0 Å². The molecular formula is C30H42N4O3. The minimum Gasteiger partial charge on any atom is -0.465 e. The maximum atomic E-state index is 13.1. The summed E-state index contributed by atoms with van der Waals surface area (Å²) in [5.41, 5.74) is 3.50. The van der Waals surface area contributed by atoms with E-state index in [0.29, 0.717) is 11.8 Å². The van der Waals surface area contributed by atoms with Crippen molar-refractivity contribution in [3.63, 3.8) is 0 Å². The molecule has 7 heteroatoms. The number of hydrogen-bond acceptors (Lipinski definition) is 4. The minimum absolute atomic E-state index is 0.0946. The number of aryl methyl sites for hydroxylation is 2. The van der Waals surface area contributed by atoms with E-state index in [1.54, 1.807) is 6.20 Å². The second-order valence-corrected chi connectivity index (χ2v) is 11.1. The molecule has 5 rings (SSSR count). The number of amides is 2. The van der Waals surface area contributed by atoms with Gasteiger partial charge in [0.15, 0.2) is 0 Å². The maximum absolute atomic E-state index is 13.1. The molecule has 3 aliphatic rings. The molecular weight excluding hydrogens is 464 g/mol. The second kappa shape index (κ2) is 12.5. The zero-order valence-electron chi connectivity index (χ0n) is 22.5. The molecule has 2 aliphatic heterocycles. The van der Waals surface area contributed by atoms with E-state index in [9.17, 15) is 14.7 Å². The quantitative estimate of drug-likeness (QED) is 0.555.